The number of rotatable bonds is 4. The third-order valence-electron chi connectivity index (χ3n) is 4.23. The zero-order valence-corrected chi connectivity index (χ0v) is 13.9. The van der Waals surface area contributed by atoms with Crippen LogP contribution in [0.5, 0.6) is 11.5 Å². The van der Waals surface area contributed by atoms with E-state index in [1.165, 1.54) is 19.2 Å². The van der Waals surface area contributed by atoms with Gasteiger partial charge >= 0.3 is 0 Å². The second kappa shape index (κ2) is 6.76. The molecule has 25 heavy (non-hydrogen) atoms. The van der Waals surface area contributed by atoms with Crippen LogP contribution >= 0.6 is 0 Å². The number of nitro benzene ring substituents is 1. The van der Waals surface area contributed by atoms with Crippen molar-refractivity contribution in [2.75, 3.05) is 14.2 Å². The molecule has 3 rings (SSSR count). The molecule has 0 heterocycles. The maximum Gasteiger partial charge on any atom is 0.270 e. The Labute approximate surface area is 144 Å². The number of fused-ring (bicyclic) bond motifs is 1. The van der Waals surface area contributed by atoms with Crippen LogP contribution in [-0.4, -0.2) is 24.9 Å². The van der Waals surface area contributed by atoms with Gasteiger partial charge in [-0.3, -0.25) is 14.9 Å². The maximum absolute atomic E-state index is 12.8. The number of nitrogens with zero attached hydrogens (tertiary/aromatic N) is 1. The van der Waals surface area contributed by atoms with Crippen molar-refractivity contribution in [2.24, 2.45) is 0 Å². The van der Waals surface area contributed by atoms with Crippen molar-refractivity contribution in [2.45, 2.75) is 12.8 Å². The monoisotopic (exact) mass is 339 g/mol. The molecular formula is C19H17NO5. The summed E-state index contributed by atoms with van der Waals surface area (Å²) < 4.78 is 10.6. The fraction of sp³-hybridized carbons (Fsp3) is 0.211. The fourth-order valence-corrected chi connectivity index (χ4v) is 2.96. The number of carbonyl (C=O) groups excluding carboxylic acids is 1. The summed E-state index contributed by atoms with van der Waals surface area (Å²) in [5, 5.41) is 10.9. The average Bonchev–Trinajstić information content (AvgIpc) is 2.63. The number of carbonyl (C=O) groups is 1. The number of ether oxygens (including phenoxy) is 2. The van der Waals surface area contributed by atoms with Crippen molar-refractivity contribution in [1.29, 1.82) is 0 Å². The number of allylic oxidation sites excluding steroid dienone is 1. The first-order valence-corrected chi connectivity index (χ1v) is 7.78. The third-order valence-corrected chi connectivity index (χ3v) is 4.23. The Morgan fingerprint density at radius 3 is 2.48 bits per heavy atom. The van der Waals surface area contributed by atoms with E-state index in [4.69, 9.17) is 9.47 Å². The molecule has 1 aliphatic carbocycles. The number of nitro groups is 1. The fourth-order valence-electron chi connectivity index (χ4n) is 2.96. The zero-order valence-electron chi connectivity index (χ0n) is 13.9. The van der Waals surface area contributed by atoms with Crippen LogP contribution < -0.4 is 9.47 Å². The van der Waals surface area contributed by atoms with Crippen LogP contribution in [0.15, 0.2) is 42.0 Å². The summed E-state index contributed by atoms with van der Waals surface area (Å²) in [7, 11) is 3.08. The van der Waals surface area contributed by atoms with Gasteiger partial charge in [0.25, 0.3) is 5.69 Å². The number of hydrogen-bond acceptors (Lipinski definition) is 5. The van der Waals surface area contributed by atoms with Gasteiger partial charge < -0.3 is 9.47 Å². The van der Waals surface area contributed by atoms with Gasteiger partial charge in [0.1, 0.15) is 0 Å². The Morgan fingerprint density at radius 1 is 1.08 bits per heavy atom. The number of hydrogen-bond donors (Lipinski definition) is 0. The lowest BCUT2D eigenvalue weighted by atomic mass is 9.85. The molecule has 0 N–H and O–H groups in total. The number of aryl methyl sites for hydroxylation is 1. The van der Waals surface area contributed by atoms with E-state index in [0.717, 1.165) is 5.56 Å². The highest BCUT2D eigenvalue weighted by atomic mass is 16.6. The number of benzene rings is 2. The normalized spacial score (nSPS) is 15.0. The molecule has 0 aromatic heterocycles. The number of methoxy groups -OCH3 is 2. The van der Waals surface area contributed by atoms with Gasteiger partial charge in [-0.25, -0.2) is 0 Å². The summed E-state index contributed by atoms with van der Waals surface area (Å²) in [6, 6.07) is 9.77. The van der Waals surface area contributed by atoms with Gasteiger partial charge in [-0.05, 0) is 42.2 Å². The molecule has 2 aromatic rings. The van der Waals surface area contributed by atoms with Crippen LogP contribution in [0.25, 0.3) is 6.08 Å². The molecule has 0 bridgehead atoms. The van der Waals surface area contributed by atoms with Crippen molar-refractivity contribution in [1.82, 2.24) is 0 Å². The van der Waals surface area contributed by atoms with E-state index in [1.807, 2.05) is 6.07 Å². The van der Waals surface area contributed by atoms with Gasteiger partial charge in [-0.15, -0.1) is 0 Å². The molecule has 1 aliphatic rings. The topological polar surface area (TPSA) is 78.7 Å². The molecular weight excluding hydrogens is 322 g/mol. The van der Waals surface area contributed by atoms with Crippen LogP contribution in [0.2, 0.25) is 0 Å². The molecule has 0 radical (unpaired) electrons. The quantitative estimate of drug-likeness (QED) is 0.480. The molecule has 6 nitrogen and oxygen atoms in total. The summed E-state index contributed by atoms with van der Waals surface area (Å²) in [5.41, 5.74) is 2.77. The van der Waals surface area contributed by atoms with Crippen molar-refractivity contribution in [3.63, 3.8) is 0 Å². The summed E-state index contributed by atoms with van der Waals surface area (Å²) in [6.07, 6.45) is 2.99. The average molecular weight is 339 g/mol. The number of Topliss-reactive ketones (excluding diaryl/α,β-unsaturated/α-hetero) is 1. The van der Waals surface area contributed by atoms with Crippen LogP contribution in [0, 0.1) is 10.1 Å². The largest absolute Gasteiger partial charge is 0.493 e. The molecule has 2 aromatic carbocycles. The van der Waals surface area contributed by atoms with Crippen molar-refractivity contribution in [3.8, 4) is 11.5 Å². The van der Waals surface area contributed by atoms with E-state index in [2.05, 4.69) is 0 Å². The predicted octanol–water partition coefficient (Wildman–Crippen LogP) is 3.82. The second-order valence-electron chi connectivity index (χ2n) is 5.72. The van der Waals surface area contributed by atoms with E-state index >= 15 is 0 Å². The third kappa shape index (κ3) is 3.24. The Hall–Kier alpha value is -3.15. The van der Waals surface area contributed by atoms with Gasteiger partial charge in [0.2, 0.25) is 0 Å². The lowest BCUT2D eigenvalue weighted by Gasteiger charge is -2.20. The van der Waals surface area contributed by atoms with Gasteiger partial charge in [-0.1, -0.05) is 12.1 Å². The van der Waals surface area contributed by atoms with Crippen molar-refractivity contribution >= 4 is 17.5 Å². The van der Waals surface area contributed by atoms with Gasteiger partial charge in [0, 0.05) is 23.3 Å². The first-order chi connectivity index (χ1) is 12.0. The zero-order chi connectivity index (χ0) is 18.0. The Balaban J connectivity index is 1.99. The van der Waals surface area contributed by atoms with Crippen molar-refractivity contribution < 1.29 is 19.2 Å². The van der Waals surface area contributed by atoms with Crippen LogP contribution in [0.4, 0.5) is 5.69 Å². The summed E-state index contributed by atoms with van der Waals surface area (Å²) >= 11 is 0. The Morgan fingerprint density at radius 2 is 1.80 bits per heavy atom. The minimum Gasteiger partial charge on any atom is -0.493 e. The maximum atomic E-state index is 12.8. The standard InChI is InChI=1S/C19H17NO5/c1-24-17-10-13-6-7-14(19(21)16(13)11-18(17)25-2)8-12-4-3-5-15(9-12)20(22)23/h3-5,8-11H,6-7H2,1-2H3. The van der Waals surface area contributed by atoms with Crippen LogP contribution in [0.3, 0.4) is 0 Å². The van der Waals surface area contributed by atoms with Gasteiger partial charge in [0.15, 0.2) is 17.3 Å². The number of ketones is 1. The smallest absolute Gasteiger partial charge is 0.270 e. The molecule has 0 unspecified atom stereocenters. The summed E-state index contributed by atoms with van der Waals surface area (Å²) in [6.45, 7) is 0. The first kappa shape index (κ1) is 16.7. The van der Waals surface area contributed by atoms with Gasteiger partial charge in [-0.2, -0.15) is 0 Å². The molecule has 0 spiro atoms. The molecule has 0 aliphatic heterocycles. The van der Waals surface area contributed by atoms with Crippen LogP contribution in [0.1, 0.15) is 27.9 Å². The Kier molecular flexibility index (Phi) is 4.52. The van der Waals surface area contributed by atoms with Crippen LogP contribution in [-0.2, 0) is 6.42 Å². The molecule has 0 saturated carbocycles. The summed E-state index contributed by atoms with van der Waals surface area (Å²) in [4.78, 5) is 23.3. The van der Waals surface area contributed by atoms with E-state index < -0.39 is 4.92 Å². The minimum atomic E-state index is -0.447. The van der Waals surface area contributed by atoms with E-state index in [1.54, 1.807) is 31.4 Å². The highest BCUT2D eigenvalue weighted by molar-refractivity contribution is 6.13. The highest BCUT2D eigenvalue weighted by Crippen LogP contribution is 2.36. The Bertz CT molecular complexity index is 885. The van der Waals surface area contributed by atoms with E-state index in [9.17, 15) is 14.9 Å². The van der Waals surface area contributed by atoms with E-state index in [-0.39, 0.29) is 11.5 Å². The number of non-ortho nitro benzene ring substituents is 1. The highest BCUT2D eigenvalue weighted by Gasteiger charge is 2.24. The van der Waals surface area contributed by atoms with E-state index in [0.29, 0.717) is 41.0 Å². The SMILES string of the molecule is COc1cc2c(cc1OC)C(=O)C(=Cc1cccc([N+](=O)[O-])c1)CC2. The summed E-state index contributed by atoms with van der Waals surface area (Å²) in [5.74, 6) is 1.01. The van der Waals surface area contributed by atoms with Crippen molar-refractivity contribution in [3.05, 3.63) is 68.8 Å². The first-order valence-electron chi connectivity index (χ1n) is 7.78. The minimum absolute atomic E-state index is 0.00409. The molecule has 0 atom stereocenters. The van der Waals surface area contributed by atoms with Gasteiger partial charge in [0.05, 0.1) is 19.1 Å². The predicted molar refractivity (Wildman–Crippen MR) is 93.3 cm³/mol. The molecule has 6 heteroatoms. The molecule has 0 amide bonds. The molecule has 0 saturated heterocycles. The molecule has 0 fully saturated rings. The molecule has 128 valence electrons. The lowest BCUT2D eigenvalue weighted by Crippen LogP contribution is -2.14. The lowest BCUT2D eigenvalue weighted by molar-refractivity contribution is -0.384. The second-order valence-corrected chi connectivity index (χ2v) is 5.72.